The third kappa shape index (κ3) is 4.30. The van der Waals surface area contributed by atoms with Crippen molar-refractivity contribution in [2.75, 3.05) is 0 Å². The van der Waals surface area contributed by atoms with E-state index in [9.17, 15) is 0 Å². The summed E-state index contributed by atoms with van der Waals surface area (Å²) in [7, 11) is 0. The van der Waals surface area contributed by atoms with Gasteiger partial charge in [-0.15, -0.1) is 0 Å². The van der Waals surface area contributed by atoms with Gasteiger partial charge in [-0.3, -0.25) is 0 Å². The van der Waals surface area contributed by atoms with E-state index in [1.54, 1.807) is 0 Å². The van der Waals surface area contributed by atoms with E-state index in [4.69, 9.17) is 9.97 Å². The minimum Gasteiger partial charge on any atom is -0.309 e. The second kappa shape index (κ2) is 11.1. The van der Waals surface area contributed by atoms with Crippen molar-refractivity contribution in [3.05, 3.63) is 181 Å². The molecular weight excluding hydrogens is 645 g/mol. The van der Waals surface area contributed by atoms with Crippen LogP contribution < -0.4 is 0 Å². The average molecular weight is 679 g/mol. The number of hydrogen-bond acceptors (Lipinski definition) is 2. The molecule has 0 atom stereocenters. The topological polar surface area (TPSA) is 35.6 Å². The lowest BCUT2D eigenvalue weighted by Crippen LogP contribution is -2.17. The summed E-state index contributed by atoms with van der Waals surface area (Å²) in [6.45, 7) is 4.56. The summed E-state index contributed by atoms with van der Waals surface area (Å²) in [5.41, 5.74) is 14.6. The van der Waals surface area contributed by atoms with Crippen LogP contribution >= 0.6 is 0 Å². The molecule has 1 aliphatic carbocycles. The van der Waals surface area contributed by atoms with Gasteiger partial charge in [0.2, 0.25) is 0 Å². The fourth-order valence-corrected chi connectivity index (χ4v) is 8.80. The highest BCUT2D eigenvalue weighted by atomic mass is 15.0. The van der Waals surface area contributed by atoms with Gasteiger partial charge < -0.3 is 9.13 Å². The number of nitrogens with zero attached hydrogens (tertiary/aromatic N) is 4. The molecule has 0 aliphatic heterocycles. The van der Waals surface area contributed by atoms with Crippen molar-refractivity contribution in [3.8, 4) is 45.1 Å². The van der Waals surface area contributed by atoms with Crippen LogP contribution in [0.25, 0.3) is 88.8 Å². The normalized spacial score (nSPS) is 13.2. The lowest BCUT2D eigenvalue weighted by atomic mass is 9.85. The van der Waals surface area contributed by atoms with E-state index in [-0.39, 0.29) is 5.41 Å². The molecular formula is C49H34N4. The molecule has 0 fully saturated rings. The van der Waals surface area contributed by atoms with Crippen molar-refractivity contribution < 1.29 is 0 Å². The Morgan fingerprint density at radius 2 is 0.962 bits per heavy atom. The van der Waals surface area contributed by atoms with Crippen molar-refractivity contribution in [1.29, 1.82) is 0 Å². The van der Waals surface area contributed by atoms with Crippen LogP contribution in [0.3, 0.4) is 0 Å². The first-order valence-electron chi connectivity index (χ1n) is 18.3. The van der Waals surface area contributed by atoms with Gasteiger partial charge in [0.1, 0.15) is 0 Å². The van der Waals surface area contributed by atoms with Gasteiger partial charge in [-0.25, -0.2) is 9.97 Å². The van der Waals surface area contributed by atoms with Gasteiger partial charge in [-0.05, 0) is 71.8 Å². The van der Waals surface area contributed by atoms with Gasteiger partial charge in [0.15, 0.2) is 5.82 Å². The molecule has 0 radical (unpaired) electrons. The predicted octanol–water partition coefficient (Wildman–Crippen LogP) is 12.3. The van der Waals surface area contributed by atoms with Crippen molar-refractivity contribution in [3.63, 3.8) is 0 Å². The minimum absolute atomic E-state index is 0.245. The Morgan fingerprint density at radius 1 is 0.434 bits per heavy atom. The first-order chi connectivity index (χ1) is 26.1. The smallest absolute Gasteiger partial charge is 0.160 e. The number of benzene rings is 7. The predicted molar refractivity (Wildman–Crippen MR) is 219 cm³/mol. The molecule has 10 aromatic rings. The van der Waals surface area contributed by atoms with Crippen LogP contribution in [0, 0.1) is 0 Å². The molecule has 7 aromatic carbocycles. The van der Waals surface area contributed by atoms with Gasteiger partial charge in [0, 0.05) is 55.0 Å². The molecule has 3 heterocycles. The second-order valence-electron chi connectivity index (χ2n) is 14.6. The van der Waals surface area contributed by atoms with Gasteiger partial charge in [-0.1, -0.05) is 123 Å². The summed E-state index contributed by atoms with van der Waals surface area (Å²) in [5.74, 6) is 0.743. The first kappa shape index (κ1) is 29.9. The van der Waals surface area contributed by atoms with Crippen molar-refractivity contribution in [2.24, 2.45) is 0 Å². The molecule has 1 aliphatic rings. The lowest BCUT2D eigenvalue weighted by molar-refractivity contribution is 0.636. The lowest BCUT2D eigenvalue weighted by Gasteiger charge is -2.21. The fourth-order valence-electron chi connectivity index (χ4n) is 8.80. The number of rotatable bonds is 4. The van der Waals surface area contributed by atoms with Crippen molar-refractivity contribution in [1.82, 2.24) is 19.1 Å². The highest BCUT2D eigenvalue weighted by Crippen LogP contribution is 2.51. The largest absolute Gasteiger partial charge is 0.309 e. The zero-order valence-corrected chi connectivity index (χ0v) is 29.5. The molecule has 53 heavy (non-hydrogen) atoms. The Balaban J connectivity index is 1.10. The molecule has 11 rings (SSSR count). The molecule has 0 saturated carbocycles. The van der Waals surface area contributed by atoms with Crippen LogP contribution in [0.1, 0.15) is 25.1 Å². The highest BCUT2D eigenvalue weighted by Gasteiger charge is 2.39. The zero-order valence-electron chi connectivity index (χ0n) is 29.5. The fraction of sp³-hybridized carbons (Fsp3) is 0.0612. The van der Waals surface area contributed by atoms with E-state index in [0.717, 1.165) is 45.3 Å². The summed E-state index contributed by atoms with van der Waals surface area (Å²) in [4.78, 5) is 10.7. The van der Waals surface area contributed by atoms with Gasteiger partial charge >= 0.3 is 0 Å². The maximum Gasteiger partial charge on any atom is 0.160 e. The summed E-state index contributed by atoms with van der Waals surface area (Å²) in [6, 6.07) is 61.0. The average Bonchev–Trinajstić information content (AvgIpc) is 3.80. The van der Waals surface area contributed by atoms with Crippen molar-refractivity contribution in [2.45, 2.75) is 19.3 Å². The maximum absolute atomic E-state index is 5.34. The van der Waals surface area contributed by atoms with Gasteiger partial charge in [0.05, 0.1) is 33.5 Å². The zero-order chi connectivity index (χ0) is 35.3. The van der Waals surface area contributed by atoms with Crippen LogP contribution in [0.5, 0.6) is 0 Å². The molecule has 0 N–H and O–H groups in total. The first-order valence-corrected chi connectivity index (χ1v) is 18.3. The molecule has 0 spiro atoms. The summed E-state index contributed by atoms with van der Waals surface area (Å²) in [5, 5.41) is 4.94. The van der Waals surface area contributed by atoms with Crippen LogP contribution in [0.4, 0.5) is 0 Å². The monoisotopic (exact) mass is 678 g/mol. The SMILES string of the molecule is CC1(C)c2ccccc2-c2c(-c3ccccc3)nc(-c3ccc(-n4c5ccccc5c5cc6c(cc54)c4ccccc4n6-c4ccccc4)cc3)nc21. The highest BCUT2D eigenvalue weighted by molar-refractivity contribution is 6.19. The summed E-state index contributed by atoms with van der Waals surface area (Å²) < 4.78 is 4.80. The van der Waals surface area contributed by atoms with Gasteiger partial charge in [0.25, 0.3) is 0 Å². The van der Waals surface area contributed by atoms with Crippen LogP contribution in [-0.4, -0.2) is 19.1 Å². The number of fused-ring (bicyclic) bond motifs is 9. The Hall–Kier alpha value is -6.78. The molecule has 3 aromatic heterocycles. The summed E-state index contributed by atoms with van der Waals surface area (Å²) in [6.07, 6.45) is 0. The van der Waals surface area contributed by atoms with E-state index >= 15 is 0 Å². The summed E-state index contributed by atoms with van der Waals surface area (Å²) >= 11 is 0. The number of aromatic nitrogens is 4. The molecule has 4 heteroatoms. The standard InChI is InChI=1S/C49H34N4/c1-49(2)40-22-12-9-21-37(40)45-46(31-15-5-3-6-16-31)50-48(51-47(45)49)32-25-27-34(28-26-32)53-42-24-14-11-20-36(42)39-29-43-38(30-44(39)53)35-19-10-13-23-41(35)52(43)33-17-7-4-8-18-33/h3-30H,1-2H3. The maximum atomic E-state index is 5.34. The molecule has 0 saturated heterocycles. The molecule has 250 valence electrons. The third-order valence-corrected chi connectivity index (χ3v) is 11.3. The Bertz CT molecular complexity index is 3060. The van der Waals surface area contributed by atoms with Crippen molar-refractivity contribution >= 4 is 43.6 Å². The molecule has 0 bridgehead atoms. The number of hydrogen-bond donors (Lipinski definition) is 0. The molecule has 0 amide bonds. The quantitative estimate of drug-likeness (QED) is 0.186. The van der Waals surface area contributed by atoms with E-state index < -0.39 is 0 Å². The van der Waals surface area contributed by atoms with E-state index in [0.29, 0.717) is 0 Å². The van der Waals surface area contributed by atoms with Gasteiger partial charge in [-0.2, -0.15) is 0 Å². The Labute approximate surface area is 307 Å². The Morgan fingerprint density at radius 3 is 1.60 bits per heavy atom. The second-order valence-corrected chi connectivity index (χ2v) is 14.6. The van der Waals surface area contributed by atoms with Crippen LogP contribution in [-0.2, 0) is 5.41 Å². The molecule has 0 unspecified atom stereocenters. The van der Waals surface area contributed by atoms with Crippen LogP contribution in [0.15, 0.2) is 170 Å². The number of para-hydroxylation sites is 3. The van der Waals surface area contributed by atoms with E-state index in [1.807, 2.05) is 0 Å². The Kier molecular flexibility index (Phi) is 6.27. The van der Waals surface area contributed by atoms with Crippen LogP contribution in [0.2, 0.25) is 0 Å². The minimum atomic E-state index is -0.245. The third-order valence-electron chi connectivity index (χ3n) is 11.3. The van der Waals surface area contributed by atoms with E-state index in [1.165, 1.54) is 54.7 Å². The van der Waals surface area contributed by atoms with E-state index in [2.05, 4.69) is 193 Å². The molecule has 4 nitrogen and oxygen atoms in total.